The second-order valence-electron chi connectivity index (χ2n) is 7.81. The van der Waals surface area contributed by atoms with Crippen LogP contribution in [0.4, 0.5) is 5.69 Å². The van der Waals surface area contributed by atoms with Gasteiger partial charge in [-0.3, -0.25) is 13.9 Å². The third kappa shape index (κ3) is 8.37. The summed E-state index contributed by atoms with van der Waals surface area (Å²) in [5, 5.41) is 3.20. The number of hydrogen-bond acceptors (Lipinski definition) is 4. The molecule has 0 radical (unpaired) electrons. The molecule has 0 bridgehead atoms. The van der Waals surface area contributed by atoms with Gasteiger partial charge in [-0.15, -0.1) is 0 Å². The summed E-state index contributed by atoms with van der Waals surface area (Å²) >= 11 is 6.02. The van der Waals surface area contributed by atoms with Gasteiger partial charge in [0.1, 0.15) is 6.04 Å². The van der Waals surface area contributed by atoms with Gasteiger partial charge in [0.25, 0.3) is 0 Å². The van der Waals surface area contributed by atoms with Crippen molar-refractivity contribution in [3.8, 4) is 0 Å². The fourth-order valence-corrected chi connectivity index (χ4v) is 4.67. The quantitative estimate of drug-likeness (QED) is 0.490. The molecule has 0 saturated carbocycles. The van der Waals surface area contributed by atoms with Crippen LogP contribution in [0.1, 0.15) is 32.3 Å². The van der Waals surface area contributed by atoms with E-state index in [4.69, 9.17) is 11.6 Å². The van der Waals surface area contributed by atoms with Crippen LogP contribution in [0.2, 0.25) is 5.02 Å². The van der Waals surface area contributed by atoms with E-state index in [9.17, 15) is 18.0 Å². The summed E-state index contributed by atoms with van der Waals surface area (Å²) in [6.07, 6.45) is 2.17. The van der Waals surface area contributed by atoms with Crippen LogP contribution < -0.4 is 9.62 Å². The first kappa shape index (κ1) is 26.7. The van der Waals surface area contributed by atoms with E-state index in [1.165, 1.54) is 4.31 Å². The van der Waals surface area contributed by atoms with Crippen molar-refractivity contribution in [2.45, 2.75) is 39.2 Å². The van der Waals surface area contributed by atoms with Gasteiger partial charge in [-0.25, -0.2) is 8.42 Å². The van der Waals surface area contributed by atoms with E-state index in [2.05, 4.69) is 5.32 Å². The summed E-state index contributed by atoms with van der Waals surface area (Å²) in [6.45, 7) is 4.55. The fourth-order valence-electron chi connectivity index (χ4n) is 3.53. The van der Waals surface area contributed by atoms with E-state index in [1.54, 1.807) is 36.1 Å². The molecule has 0 aliphatic carbocycles. The number of carbonyl (C=O) groups is 2. The standard InChI is InChI=1S/C24H32ClN3O4S/c1-4-26-24(30)19(2)27(17-15-20-10-6-5-7-11-20)23(29)14-9-16-28(33(3,31)32)22-13-8-12-21(25)18-22/h5-8,10-13,18-19H,4,9,14-17H2,1-3H3,(H,26,30)/t19-/m1/s1. The molecule has 1 atom stereocenters. The summed E-state index contributed by atoms with van der Waals surface area (Å²) < 4.78 is 25.9. The predicted molar refractivity (Wildman–Crippen MR) is 133 cm³/mol. The summed E-state index contributed by atoms with van der Waals surface area (Å²) in [7, 11) is -3.55. The SMILES string of the molecule is CCNC(=O)[C@@H](C)N(CCc1ccccc1)C(=O)CCCN(c1cccc(Cl)c1)S(C)(=O)=O. The average molecular weight is 494 g/mol. The topological polar surface area (TPSA) is 86.8 Å². The van der Waals surface area contributed by atoms with Crippen LogP contribution in [0.15, 0.2) is 54.6 Å². The molecule has 7 nitrogen and oxygen atoms in total. The molecule has 1 N–H and O–H groups in total. The number of rotatable bonds is 12. The van der Waals surface area contributed by atoms with E-state index in [0.29, 0.717) is 36.6 Å². The molecular formula is C24H32ClN3O4S. The Bertz CT molecular complexity index is 1030. The molecule has 33 heavy (non-hydrogen) atoms. The van der Waals surface area contributed by atoms with Crippen LogP contribution in [0, 0.1) is 0 Å². The van der Waals surface area contributed by atoms with Crippen molar-refractivity contribution in [2.75, 3.05) is 30.2 Å². The molecule has 2 aromatic carbocycles. The van der Waals surface area contributed by atoms with Crippen molar-refractivity contribution in [1.82, 2.24) is 10.2 Å². The normalized spacial score (nSPS) is 12.1. The maximum Gasteiger partial charge on any atom is 0.242 e. The highest BCUT2D eigenvalue weighted by molar-refractivity contribution is 7.92. The lowest BCUT2D eigenvalue weighted by atomic mass is 10.1. The highest BCUT2D eigenvalue weighted by Gasteiger charge is 2.26. The van der Waals surface area contributed by atoms with Gasteiger partial charge in [-0.05, 0) is 50.5 Å². The van der Waals surface area contributed by atoms with Gasteiger partial charge in [-0.1, -0.05) is 48.0 Å². The van der Waals surface area contributed by atoms with Crippen LogP contribution in [0.25, 0.3) is 0 Å². The Labute approximate surface area is 201 Å². The Morgan fingerprint density at radius 3 is 2.36 bits per heavy atom. The first-order chi connectivity index (χ1) is 15.6. The molecule has 2 rings (SSSR count). The Kier molecular flexibility index (Phi) is 10.2. The summed E-state index contributed by atoms with van der Waals surface area (Å²) in [4.78, 5) is 27.1. The zero-order valence-electron chi connectivity index (χ0n) is 19.3. The number of nitrogens with one attached hydrogen (secondary N) is 1. The molecule has 2 amide bonds. The molecule has 0 aliphatic rings. The van der Waals surface area contributed by atoms with Crippen molar-refractivity contribution in [3.63, 3.8) is 0 Å². The smallest absolute Gasteiger partial charge is 0.242 e. The third-order valence-electron chi connectivity index (χ3n) is 5.25. The number of halogens is 1. The number of anilines is 1. The highest BCUT2D eigenvalue weighted by atomic mass is 35.5. The molecule has 0 fully saturated rings. The molecule has 0 unspecified atom stereocenters. The Morgan fingerprint density at radius 2 is 1.76 bits per heavy atom. The van der Waals surface area contributed by atoms with Crippen LogP contribution in [-0.4, -0.2) is 57.1 Å². The van der Waals surface area contributed by atoms with Crippen molar-refractivity contribution in [1.29, 1.82) is 0 Å². The Balaban J connectivity index is 2.08. The van der Waals surface area contributed by atoms with E-state index < -0.39 is 16.1 Å². The first-order valence-corrected chi connectivity index (χ1v) is 13.2. The third-order valence-corrected chi connectivity index (χ3v) is 6.68. The number of carbonyl (C=O) groups excluding carboxylic acids is 2. The highest BCUT2D eigenvalue weighted by Crippen LogP contribution is 2.22. The lowest BCUT2D eigenvalue weighted by Gasteiger charge is -2.29. The maximum atomic E-state index is 13.1. The first-order valence-electron chi connectivity index (χ1n) is 11.0. The van der Waals surface area contributed by atoms with Crippen molar-refractivity contribution in [2.24, 2.45) is 0 Å². The monoisotopic (exact) mass is 493 g/mol. The molecule has 0 spiro atoms. The van der Waals surface area contributed by atoms with Gasteiger partial charge in [0.15, 0.2) is 0 Å². The molecule has 0 heterocycles. The largest absolute Gasteiger partial charge is 0.355 e. The Morgan fingerprint density at radius 1 is 1.06 bits per heavy atom. The summed E-state index contributed by atoms with van der Waals surface area (Å²) in [5.74, 6) is -0.403. The molecule has 0 saturated heterocycles. The molecule has 9 heteroatoms. The summed E-state index contributed by atoms with van der Waals surface area (Å²) in [6, 6.07) is 15.7. The van der Waals surface area contributed by atoms with Gasteiger partial charge in [0.05, 0.1) is 11.9 Å². The van der Waals surface area contributed by atoms with Crippen molar-refractivity contribution >= 4 is 39.1 Å². The average Bonchev–Trinajstić information content (AvgIpc) is 2.76. The fraction of sp³-hybridized carbons (Fsp3) is 0.417. The van der Waals surface area contributed by atoms with Gasteiger partial charge in [-0.2, -0.15) is 0 Å². The lowest BCUT2D eigenvalue weighted by Crippen LogP contribution is -2.48. The second kappa shape index (κ2) is 12.6. The minimum Gasteiger partial charge on any atom is -0.355 e. The zero-order chi connectivity index (χ0) is 24.4. The molecular weight excluding hydrogens is 462 g/mol. The second-order valence-corrected chi connectivity index (χ2v) is 10.2. The van der Waals surface area contributed by atoms with Gasteiger partial charge in [0.2, 0.25) is 21.8 Å². The number of sulfonamides is 1. The minimum absolute atomic E-state index is 0.116. The van der Waals surface area contributed by atoms with Crippen molar-refractivity contribution in [3.05, 3.63) is 65.2 Å². The summed E-state index contributed by atoms with van der Waals surface area (Å²) in [5.41, 5.74) is 1.52. The van der Waals surface area contributed by atoms with E-state index in [-0.39, 0.29) is 24.8 Å². The van der Waals surface area contributed by atoms with Crippen molar-refractivity contribution < 1.29 is 18.0 Å². The number of hydrogen-bond donors (Lipinski definition) is 1. The van der Waals surface area contributed by atoms with E-state index in [0.717, 1.165) is 11.8 Å². The van der Waals surface area contributed by atoms with Crippen LogP contribution >= 0.6 is 11.6 Å². The number of benzene rings is 2. The predicted octanol–water partition coefficient (Wildman–Crippen LogP) is 3.48. The van der Waals surface area contributed by atoms with E-state index >= 15 is 0 Å². The Hall–Kier alpha value is -2.58. The number of likely N-dealkylation sites (N-methyl/N-ethyl adjacent to an activating group) is 1. The van der Waals surface area contributed by atoms with Gasteiger partial charge < -0.3 is 10.2 Å². The minimum atomic E-state index is -3.55. The molecule has 0 aliphatic heterocycles. The molecule has 2 aromatic rings. The lowest BCUT2D eigenvalue weighted by molar-refractivity contribution is -0.139. The van der Waals surface area contributed by atoms with Gasteiger partial charge >= 0.3 is 0 Å². The molecule has 180 valence electrons. The number of nitrogens with zero attached hydrogens (tertiary/aromatic N) is 2. The van der Waals surface area contributed by atoms with Gasteiger partial charge in [0, 0.05) is 31.1 Å². The maximum absolute atomic E-state index is 13.1. The zero-order valence-corrected chi connectivity index (χ0v) is 20.9. The van der Waals surface area contributed by atoms with Crippen LogP contribution in [0.3, 0.4) is 0 Å². The van der Waals surface area contributed by atoms with Crippen LogP contribution in [-0.2, 0) is 26.0 Å². The molecule has 0 aromatic heterocycles. The number of amides is 2. The van der Waals surface area contributed by atoms with E-state index in [1.807, 2.05) is 37.3 Å². The van der Waals surface area contributed by atoms with Crippen LogP contribution in [0.5, 0.6) is 0 Å².